The van der Waals surface area contributed by atoms with Crippen molar-refractivity contribution in [1.29, 1.82) is 0 Å². The lowest BCUT2D eigenvalue weighted by Crippen LogP contribution is -2.04. The summed E-state index contributed by atoms with van der Waals surface area (Å²) < 4.78 is 14.8. The van der Waals surface area contributed by atoms with Crippen molar-refractivity contribution >= 4 is 11.6 Å². The van der Waals surface area contributed by atoms with Crippen molar-refractivity contribution in [1.82, 2.24) is 9.55 Å². The van der Waals surface area contributed by atoms with Crippen molar-refractivity contribution in [3.8, 4) is 0 Å². The van der Waals surface area contributed by atoms with Crippen LogP contribution in [-0.2, 0) is 26.4 Å². The molecule has 2 rings (SSSR count). The van der Waals surface area contributed by atoms with E-state index in [4.69, 9.17) is 17.3 Å². The number of aromatic nitrogens is 2. The summed E-state index contributed by atoms with van der Waals surface area (Å²) in [4.78, 5) is 4.38. The summed E-state index contributed by atoms with van der Waals surface area (Å²) in [6.07, 6.45) is 1.38. The van der Waals surface area contributed by atoms with Crippen LogP contribution in [0.25, 0.3) is 0 Å². The highest BCUT2D eigenvalue weighted by atomic mass is 35.5. The average Bonchev–Trinajstić information content (AvgIpc) is 2.64. The van der Waals surface area contributed by atoms with Gasteiger partial charge in [-0.1, -0.05) is 23.7 Å². The molecule has 0 radical (unpaired) electrons. The molecule has 96 valence electrons. The van der Waals surface area contributed by atoms with Gasteiger partial charge in [0.1, 0.15) is 16.8 Å². The second-order valence-corrected chi connectivity index (χ2v) is 4.52. The third kappa shape index (κ3) is 2.71. The third-order valence-electron chi connectivity index (χ3n) is 2.91. The molecule has 0 spiro atoms. The molecule has 0 aliphatic carbocycles. The Hall–Kier alpha value is -1.39. The minimum absolute atomic E-state index is 0.220. The van der Waals surface area contributed by atoms with Crippen LogP contribution in [0.15, 0.2) is 24.3 Å². The standard InChI is InChI=1S/C13H15ClFN3/c1-18-12(8-16)17-11(13(18)14)6-5-9-3-2-4-10(15)7-9/h2-4,7H,5-6,8,16H2,1H3. The van der Waals surface area contributed by atoms with E-state index in [0.717, 1.165) is 17.1 Å². The summed E-state index contributed by atoms with van der Waals surface area (Å²) in [5.74, 6) is 0.538. The van der Waals surface area contributed by atoms with Gasteiger partial charge < -0.3 is 10.3 Å². The molecule has 0 amide bonds. The first-order valence-electron chi connectivity index (χ1n) is 5.76. The van der Waals surface area contributed by atoms with Gasteiger partial charge in [-0.15, -0.1) is 0 Å². The van der Waals surface area contributed by atoms with Gasteiger partial charge in [0.25, 0.3) is 0 Å². The maximum absolute atomic E-state index is 13.0. The van der Waals surface area contributed by atoms with E-state index in [2.05, 4.69) is 4.98 Å². The highest BCUT2D eigenvalue weighted by molar-refractivity contribution is 6.30. The van der Waals surface area contributed by atoms with Crippen molar-refractivity contribution < 1.29 is 4.39 Å². The second-order valence-electron chi connectivity index (χ2n) is 4.16. The minimum Gasteiger partial charge on any atom is -0.324 e. The lowest BCUT2D eigenvalue weighted by atomic mass is 10.1. The molecule has 0 saturated carbocycles. The molecular formula is C13H15ClFN3. The molecule has 1 heterocycles. The second kappa shape index (κ2) is 5.50. The Morgan fingerprint density at radius 2 is 2.17 bits per heavy atom. The van der Waals surface area contributed by atoms with Crippen molar-refractivity contribution in [3.63, 3.8) is 0 Å². The maximum Gasteiger partial charge on any atom is 0.131 e. The number of rotatable bonds is 4. The number of aryl methyl sites for hydroxylation is 2. The highest BCUT2D eigenvalue weighted by Crippen LogP contribution is 2.18. The van der Waals surface area contributed by atoms with Crippen molar-refractivity contribution in [2.45, 2.75) is 19.4 Å². The Balaban J connectivity index is 2.11. The summed E-state index contributed by atoms with van der Waals surface area (Å²) in [5.41, 5.74) is 7.31. The predicted molar refractivity (Wildman–Crippen MR) is 69.9 cm³/mol. The SMILES string of the molecule is Cn1c(CN)nc(CCc2cccc(F)c2)c1Cl. The lowest BCUT2D eigenvalue weighted by molar-refractivity contribution is 0.625. The molecule has 1 aromatic carbocycles. The first-order valence-corrected chi connectivity index (χ1v) is 6.14. The number of nitrogens with two attached hydrogens (primary N) is 1. The molecule has 1 aromatic heterocycles. The van der Waals surface area contributed by atoms with Crippen LogP contribution in [0.5, 0.6) is 0 Å². The predicted octanol–water partition coefficient (Wildman–Crippen LogP) is 2.46. The number of halogens is 2. The quantitative estimate of drug-likeness (QED) is 0.925. The van der Waals surface area contributed by atoms with E-state index in [0.29, 0.717) is 24.5 Å². The van der Waals surface area contributed by atoms with Gasteiger partial charge in [-0.3, -0.25) is 0 Å². The van der Waals surface area contributed by atoms with Gasteiger partial charge in [0.2, 0.25) is 0 Å². The van der Waals surface area contributed by atoms with Gasteiger partial charge in [-0.2, -0.15) is 0 Å². The van der Waals surface area contributed by atoms with Crippen LogP contribution in [0.2, 0.25) is 5.15 Å². The molecule has 5 heteroatoms. The largest absolute Gasteiger partial charge is 0.324 e. The van der Waals surface area contributed by atoms with Gasteiger partial charge in [0.05, 0.1) is 12.2 Å². The Bertz CT molecular complexity index is 551. The first kappa shape index (κ1) is 13.1. The average molecular weight is 268 g/mol. The van der Waals surface area contributed by atoms with Crippen LogP contribution in [0.3, 0.4) is 0 Å². The summed E-state index contributed by atoms with van der Waals surface area (Å²) in [7, 11) is 1.84. The zero-order valence-corrected chi connectivity index (χ0v) is 10.9. The van der Waals surface area contributed by atoms with E-state index in [1.165, 1.54) is 12.1 Å². The van der Waals surface area contributed by atoms with Gasteiger partial charge in [-0.25, -0.2) is 9.37 Å². The van der Waals surface area contributed by atoms with Gasteiger partial charge in [0, 0.05) is 7.05 Å². The summed E-state index contributed by atoms with van der Waals surface area (Å²) in [6.45, 7) is 0.357. The summed E-state index contributed by atoms with van der Waals surface area (Å²) in [5, 5.41) is 0.604. The van der Waals surface area contributed by atoms with Crippen molar-refractivity contribution in [2.24, 2.45) is 12.8 Å². The lowest BCUT2D eigenvalue weighted by Gasteiger charge is -2.00. The van der Waals surface area contributed by atoms with Crippen LogP contribution >= 0.6 is 11.6 Å². The molecule has 0 saturated heterocycles. The Morgan fingerprint density at radius 1 is 1.39 bits per heavy atom. The summed E-state index contributed by atoms with van der Waals surface area (Å²) >= 11 is 6.16. The molecule has 0 bridgehead atoms. The van der Waals surface area contributed by atoms with Crippen LogP contribution in [0.1, 0.15) is 17.1 Å². The monoisotopic (exact) mass is 267 g/mol. The van der Waals surface area contributed by atoms with Crippen LogP contribution < -0.4 is 5.73 Å². The number of benzene rings is 1. The smallest absolute Gasteiger partial charge is 0.131 e. The number of hydrogen-bond donors (Lipinski definition) is 1. The van der Waals surface area contributed by atoms with Gasteiger partial charge in [0.15, 0.2) is 0 Å². The third-order valence-corrected chi connectivity index (χ3v) is 3.38. The van der Waals surface area contributed by atoms with Crippen molar-refractivity contribution in [3.05, 3.63) is 52.3 Å². The number of imidazole rings is 1. The van der Waals surface area contributed by atoms with E-state index < -0.39 is 0 Å². The van der Waals surface area contributed by atoms with Crippen molar-refractivity contribution in [2.75, 3.05) is 0 Å². The normalized spacial score (nSPS) is 10.9. The molecule has 0 unspecified atom stereocenters. The fraction of sp³-hybridized carbons (Fsp3) is 0.308. The Morgan fingerprint density at radius 3 is 2.78 bits per heavy atom. The maximum atomic E-state index is 13.0. The zero-order chi connectivity index (χ0) is 13.1. The molecule has 18 heavy (non-hydrogen) atoms. The molecule has 0 fully saturated rings. The Labute approximate surface area is 110 Å². The molecule has 0 aliphatic rings. The highest BCUT2D eigenvalue weighted by Gasteiger charge is 2.11. The van der Waals surface area contributed by atoms with E-state index in [9.17, 15) is 4.39 Å². The number of nitrogens with zero attached hydrogens (tertiary/aromatic N) is 2. The van der Waals surface area contributed by atoms with E-state index in [-0.39, 0.29) is 5.82 Å². The fourth-order valence-electron chi connectivity index (χ4n) is 1.88. The number of hydrogen-bond acceptors (Lipinski definition) is 2. The molecule has 2 aromatic rings. The minimum atomic E-state index is -0.220. The van der Waals surface area contributed by atoms with Gasteiger partial charge >= 0.3 is 0 Å². The molecule has 3 nitrogen and oxygen atoms in total. The van der Waals surface area contributed by atoms with E-state index >= 15 is 0 Å². The fourth-order valence-corrected chi connectivity index (χ4v) is 2.11. The van der Waals surface area contributed by atoms with Gasteiger partial charge in [-0.05, 0) is 30.5 Å². The molecule has 0 aliphatic heterocycles. The molecular weight excluding hydrogens is 253 g/mol. The van der Waals surface area contributed by atoms with E-state index in [1.807, 2.05) is 13.1 Å². The molecule has 2 N–H and O–H groups in total. The first-order chi connectivity index (χ1) is 8.61. The van der Waals surface area contributed by atoms with Crippen LogP contribution in [0, 0.1) is 5.82 Å². The van der Waals surface area contributed by atoms with Crippen LogP contribution in [-0.4, -0.2) is 9.55 Å². The van der Waals surface area contributed by atoms with Crippen LogP contribution in [0.4, 0.5) is 4.39 Å². The summed E-state index contributed by atoms with van der Waals surface area (Å²) in [6, 6.07) is 6.56. The molecule has 0 atom stereocenters. The zero-order valence-electron chi connectivity index (χ0n) is 10.2. The van der Waals surface area contributed by atoms with E-state index in [1.54, 1.807) is 10.6 Å². The Kier molecular flexibility index (Phi) is 3.99. The topological polar surface area (TPSA) is 43.8 Å².